The monoisotopic (exact) mass is 383 g/mol. The highest BCUT2D eigenvalue weighted by molar-refractivity contribution is 5.88. The number of hydrogen-bond acceptors (Lipinski definition) is 3. The predicted octanol–water partition coefficient (Wildman–Crippen LogP) is 3.11. The third-order valence-electron chi connectivity index (χ3n) is 4.26. The molecule has 1 heterocycles. The first-order valence-electron chi connectivity index (χ1n) is 8.20. The van der Waals surface area contributed by atoms with Crippen LogP contribution in [0.5, 0.6) is 0 Å². The molecular formula is C18H20F3N3O3. The van der Waals surface area contributed by atoms with E-state index < -0.39 is 36.6 Å². The van der Waals surface area contributed by atoms with E-state index in [-0.39, 0.29) is 5.69 Å². The summed E-state index contributed by atoms with van der Waals surface area (Å²) >= 11 is 0. The summed E-state index contributed by atoms with van der Waals surface area (Å²) in [6.45, 7) is 3.23. The zero-order valence-corrected chi connectivity index (χ0v) is 15.0. The van der Waals surface area contributed by atoms with Crippen molar-refractivity contribution in [1.29, 1.82) is 0 Å². The molecule has 1 aromatic heterocycles. The van der Waals surface area contributed by atoms with Gasteiger partial charge in [-0.25, -0.2) is 4.79 Å². The number of aromatic nitrogens is 2. The summed E-state index contributed by atoms with van der Waals surface area (Å²) < 4.78 is 38.8. The van der Waals surface area contributed by atoms with Gasteiger partial charge in [0.15, 0.2) is 6.04 Å². The second kappa shape index (κ2) is 7.81. The second-order valence-corrected chi connectivity index (χ2v) is 6.27. The smallest absolute Gasteiger partial charge is 0.408 e. The Morgan fingerprint density at radius 1 is 1.22 bits per heavy atom. The third kappa shape index (κ3) is 4.87. The maximum absolute atomic E-state index is 12.7. The van der Waals surface area contributed by atoms with Crippen LogP contribution in [0.2, 0.25) is 0 Å². The molecule has 0 aliphatic heterocycles. The lowest BCUT2D eigenvalue weighted by molar-refractivity contribution is -0.143. The summed E-state index contributed by atoms with van der Waals surface area (Å²) in [7, 11) is 0. The van der Waals surface area contributed by atoms with Gasteiger partial charge < -0.3 is 10.4 Å². The number of hydrogen-bond donors (Lipinski definition) is 2. The van der Waals surface area contributed by atoms with Gasteiger partial charge in [-0.05, 0) is 26.3 Å². The Morgan fingerprint density at radius 2 is 1.81 bits per heavy atom. The number of nitrogens with one attached hydrogen (secondary N) is 1. The van der Waals surface area contributed by atoms with E-state index in [2.05, 4.69) is 10.4 Å². The molecule has 0 spiro atoms. The van der Waals surface area contributed by atoms with Crippen molar-refractivity contribution < 1.29 is 27.9 Å². The van der Waals surface area contributed by atoms with Crippen LogP contribution in [-0.2, 0) is 16.1 Å². The fraction of sp³-hybridized carbons (Fsp3) is 0.389. The fourth-order valence-corrected chi connectivity index (χ4v) is 2.99. The molecule has 6 nitrogen and oxygen atoms in total. The lowest BCUT2D eigenvalue weighted by Crippen LogP contribution is -2.36. The van der Waals surface area contributed by atoms with Crippen molar-refractivity contribution >= 4 is 11.9 Å². The van der Waals surface area contributed by atoms with Crippen LogP contribution in [0.3, 0.4) is 0 Å². The zero-order chi connectivity index (χ0) is 20.4. The summed E-state index contributed by atoms with van der Waals surface area (Å²) in [4.78, 5) is 24.1. The first-order valence-corrected chi connectivity index (χ1v) is 8.20. The molecule has 27 heavy (non-hydrogen) atoms. The van der Waals surface area contributed by atoms with Crippen molar-refractivity contribution in [3.8, 4) is 0 Å². The quantitative estimate of drug-likeness (QED) is 0.803. The summed E-state index contributed by atoms with van der Waals surface area (Å²) in [6, 6.07) is 6.90. The number of aryl methyl sites for hydroxylation is 1. The standard InChI is InChI=1S/C18H20F3N3O3/c1-10(14-11(2)23-24(12(14)3)9-18(19,20)21)16(25)22-15(17(26)27)13-7-5-4-6-8-13/h4-8,10,15H,9H2,1-3H3,(H,22,25)(H,26,27). The molecular weight excluding hydrogens is 363 g/mol. The molecule has 0 saturated carbocycles. The first-order chi connectivity index (χ1) is 12.5. The Balaban J connectivity index is 2.25. The fourth-order valence-electron chi connectivity index (χ4n) is 2.99. The number of amides is 1. The van der Waals surface area contributed by atoms with Crippen LogP contribution in [0.25, 0.3) is 0 Å². The average Bonchev–Trinajstić information content (AvgIpc) is 2.84. The molecule has 9 heteroatoms. The number of carboxylic acids is 1. The summed E-state index contributed by atoms with van der Waals surface area (Å²) in [6.07, 6.45) is -4.44. The number of halogens is 3. The van der Waals surface area contributed by atoms with E-state index in [4.69, 9.17) is 0 Å². The first kappa shape index (κ1) is 20.5. The van der Waals surface area contributed by atoms with Gasteiger partial charge in [-0.1, -0.05) is 30.3 Å². The minimum Gasteiger partial charge on any atom is -0.479 e. The Kier molecular flexibility index (Phi) is 5.92. The van der Waals surface area contributed by atoms with E-state index in [0.717, 1.165) is 4.68 Å². The number of carboxylic acid groups (broad SMARTS) is 1. The molecule has 0 aliphatic rings. The van der Waals surface area contributed by atoms with Gasteiger partial charge in [0.05, 0.1) is 11.6 Å². The summed E-state index contributed by atoms with van der Waals surface area (Å²) in [5, 5.41) is 15.7. The molecule has 0 saturated heterocycles. The maximum Gasteiger partial charge on any atom is 0.408 e. The number of benzene rings is 1. The van der Waals surface area contributed by atoms with Gasteiger partial charge >= 0.3 is 12.1 Å². The lowest BCUT2D eigenvalue weighted by atomic mass is 9.97. The number of nitrogens with zero attached hydrogens (tertiary/aromatic N) is 2. The normalized spacial score (nSPS) is 13.9. The molecule has 1 aromatic carbocycles. The van der Waals surface area contributed by atoms with Crippen molar-refractivity contribution in [3.63, 3.8) is 0 Å². The van der Waals surface area contributed by atoms with Gasteiger partial charge in [0, 0.05) is 11.3 Å². The van der Waals surface area contributed by atoms with Crippen LogP contribution in [0.15, 0.2) is 30.3 Å². The van der Waals surface area contributed by atoms with Crippen molar-refractivity contribution in [3.05, 3.63) is 52.8 Å². The highest BCUT2D eigenvalue weighted by atomic mass is 19.4. The predicted molar refractivity (Wildman–Crippen MR) is 91.1 cm³/mol. The highest BCUT2D eigenvalue weighted by Crippen LogP contribution is 2.27. The van der Waals surface area contributed by atoms with Crippen LogP contribution in [-0.4, -0.2) is 32.9 Å². The van der Waals surface area contributed by atoms with Gasteiger partial charge in [-0.2, -0.15) is 18.3 Å². The molecule has 2 aromatic rings. The van der Waals surface area contributed by atoms with Gasteiger partial charge in [-0.3, -0.25) is 9.48 Å². The Morgan fingerprint density at radius 3 is 2.33 bits per heavy atom. The van der Waals surface area contributed by atoms with Crippen molar-refractivity contribution in [2.24, 2.45) is 0 Å². The molecule has 0 aliphatic carbocycles. The number of carbonyl (C=O) groups is 2. The summed E-state index contributed by atoms with van der Waals surface area (Å²) in [5.41, 5.74) is 1.27. The molecule has 2 N–H and O–H groups in total. The minimum atomic E-state index is -4.44. The number of aliphatic carboxylic acids is 1. The van der Waals surface area contributed by atoms with Crippen LogP contribution in [0, 0.1) is 13.8 Å². The minimum absolute atomic E-state index is 0.221. The average molecular weight is 383 g/mol. The van der Waals surface area contributed by atoms with Gasteiger partial charge in [-0.15, -0.1) is 0 Å². The molecule has 2 unspecified atom stereocenters. The Hall–Kier alpha value is -2.84. The van der Waals surface area contributed by atoms with Crippen LogP contribution in [0.1, 0.15) is 41.4 Å². The van der Waals surface area contributed by atoms with E-state index in [9.17, 15) is 27.9 Å². The van der Waals surface area contributed by atoms with Gasteiger partial charge in [0.25, 0.3) is 0 Å². The van der Waals surface area contributed by atoms with Crippen LogP contribution in [0.4, 0.5) is 13.2 Å². The van der Waals surface area contributed by atoms with Crippen molar-refractivity contribution in [2.45, 2.75) is 45.5 Å². The Labute approximate surface area is 154 Å². The SMILES string of the molecule is Cc1nn(CC(F)(F)F)c(C)c1C(C)C(=O)NC(C(=O)O)c1ccccc1. The number of rotatable bonds is 6. The van der Waals surface area contributed by atoms with Crippen molar-refractivity contribution in [1.82, 2.24) is 15.1 Å². The Bertz CT molecular complexity index is 832. The molecule has 2 rings (SSSR count). The van der Waals surface area contributed by atoms with Crippen LogP contribution >= 0.6 is 0 Å². The van der Waals surface area contributed by atoms with E-state index in [0.29, 0.717) is 16.8 Å². The summed E-state index contributed by atoms with van der Waals surface area (Å²) in [5.74, 6) is -2.70. The van der Waals surface area contributed by atoms with E-state index in [1.54, 1.807) is 30.3 Å². The van der Waals surface area contributed by atoms with E-state index in [1.165, 1.54) is 20.8 Å². The third-order valence-corrected chi connectivity index (χ3v) is 4.26. The molecule has 1 amide bonds. The molecule has 2 atom stereocenters. The molecule has 0 bridgehead atoms. The molecule has 146 valence electrons. The van der Waals surface area contributed by atoms with E-state index >= 15 is 0 Å². The zero-order valence-electron chi connectivity index (χ0n) is 15.0. The topological polar surface area (TPSA) is 84.2 Å². The van der Waals surface area contributed by atoms with Gasteiger partial charge in [0.2, 0.25) is 5.91 Å². The molecule has 0 radical (unpaired) electrons. The number of carbonyl (C=O) groups excluding carboxylic acids is 1. The lowest BCUT2D eigenvalue weighted by Gasteiger charge is -2.19. The van der Waals surface area contributed by atoms with Crippen LogP contribution < -0.4 is 5.32 Å². The van der Waals surface area contributed by atoms with Crippen molar-refractivity contribution in [2.75, 3.05) is 0 Å². The number of alkyl halides is 3. The largest absolute Gasteiger partial charge is 0.479 e. The maximum atomic E-state index is 12.7. The van der Waals surface area contributed by atoms with Gasteiger partial charge in [0.1, 0.15) is 6.54 Å². The highest BCUT2D eigenvalue weighted by Gasteiger charge is 2.32. The molecule has 0 fully saturated rings. The van der Waals surface area contributed by atoms with E-state index in [1.807, 2.05) is 0 Å². The second-order valence-electron chi connectivity index (χ2n) is 6.27.